The van der Waals surface area contributed by atoms with Gasteiger partial charge in [-0.25, -0.2) is 0 Å². The SMILES string of the molecule is O=C(Nc1ccc(/C=C/c2ccc(NC(=O)[C@@H]3CCCN3C(=O)Cc3ccccc3)cc2)cc1)c1ccccc1. The lowest BCUT2D eigenvalue weighted by Crippen LogP contribution is -2.43. The van der Waals surface area contributed by atoms with E-state index < -0.39 is 6.04 Å². The molecular weight excluding hydrogens is 498 g/mol. The largest absolute Gasteiger partial charge is 0.330 e. The molecule has 1 fully saturated rings. The maximum absolute atomic E-state index is 13.0. The highest BCUT2D eigenvalue weighted by atomic mass is 16.2. The molecule has 0 saturated carbocycles. The molecule has 1 heterocycles. The number of hydrogen-bond donors (Lipinski definition) is 2. The normalized spacial score (nSPS) is 14.7. The third kappa shape index (κ3) is 6.91. The van der Waals surface area contributed by atoms with E-state index in [4.69, 9.17) is 0 Å². The van der Waals surface area contributed by atoms with Gasteiger partial charge in [-0.2, -0.15) is 0 Å². The molecule has 1 atom stereocenters. The van der Waals surface area contributed by atoms with Crippen molar-refractivity contribution >= 4 is 41.2 Å². The van der Waals surface area contributed by atoms with Gasteiger partial charge >= 0.3 is 0 Å². The Morgan fingerprint density at radius 3 is 1.85 bits per heavy atom. The zero-order valence-electron chi connectivity index (χ0n) is 22.1. The Bertz CT molecular complexity index is 1480. The van der Waals surface area contributed by atoms with E-state index in [0.29, 0.717) is 30.6 Å². The number of rotatable bonds is 8. The highest BCUT2D eigenvalue weighted by Crippen LogP contribution is 2.21. The standard InChI is InChI=1S/C34H31N3O3/c38-32(24-27-8-3-1-4-9-27)37-23-7-12-31(37)34(40)36-30-21-17-26(18-22-30)14-13-25-15-19-29(20-16-25)35-33(39)28-10-5-2-6-11-28/h1-6,8-11,13-22,31H,7,12,23-24H2,(H,35,39)(H,36,40)/b14-13+/t31-/m0/s1. The average Bonchev–Trinajstić information content (AvgIpc) is 3.49. The molecule has 40 heavy (non-hydrogen) atoms. The Balaban J connectivity index is 1.13. The summed E-state index contributed by atoms with van der Waals surface area (Å²) in [6.07, 6.45) is 5.77. The minimum atomic E-state index is -0.448. The first-order valence-electron chi connectivity index (χ1n) is 13.4. The van der Waals surface area contributed by atoms with Crippen LogP contribution >= 0.6 is 0 Å². The van der Waals surface area contributed by atoms with Gasteiger partial charge in [-0.1, -0.05) is 84.9 Å². The van der Waals surface area contributed by atoms with E-state index in [2.05, 4.69) is 10.6 Å². The van der Waals surface area contributed by atoms with Crippen molar-refractivity contribution in [3.63, 3.8) is 0 Å². The Hall–Kier alpha value is -4.97. The molecule has 5 rings (SSSR count). The van der Waals surface area contributed by atoms with Crippen molar-refractivity contribution < 1.29 is 14.4 Å². The van der Waals surface area contributed by atoms with Crippen molar-refractivity contribution in [3.05, 3.63) is 131 Å². The molecule has 0 spiro atoms. The number of carbonyl (C=O) groups excluding carboxylic acids is 3. The van der Waals surface area contributed by atoms with Gasteiger partial charge in [0.1, 0.15) is 6.04 Å². The van der Waals surface area contributed by atoms with Crippen LogP contribution in [-0.2, 0) is 16.0 Å². The Labute approximate surface area is 234 Å². The first-order valence-corrected chi connectivity index (χ1v) is 13.4. The predicted octanol–water partition coefficient (Wildman–Crippen LogP) is 6.28. The van der Waals surface area contributed by atoms with Crippen molar-refractivity contribution in [2.45, 2.75) is 25.3 Å². The smallest absolute Gasteiger partial charge is 0.255 e. The van der Waals surface area contributed by atoms with Gasteiger partial charge in [-0.05, 0) is 65.9 Å². The van der Waals surface area contributed by atoms with Crippen molar-refractivity contribution in [3.8, 4) is 0 Å². The number of amides is 3. The summed E-state index contributed by atoms with van der Waals surface area (Å²) < 4.78 is 0. The van der Waals surface area contributed by atoms with Gasteiger partial charge in [-0.15, -0.1) is 0 Å². The molecule has 0 unspecified atom stereocenters. The lowest BCUT2D eigenvalue weighted by atomic mass is 10.1. The third-order valence-electron chi connectivity index (χ3n) is 6.92. The quantitative estimate of drug-likeness (QED) is 0.264. The molecule has 0 aromatic heterocycles. The van der Waals surface area contributed by atoms with Crippen molar-refractivity contribution in [1.29, 1.82) is 0 Å². The van der Waals surface area contributed by atoms with Gasteiger partial charge in [0.25, 0.3) is 5.91 Å². The molecule has 1 aliphatic heterocycles. The zero-order chi connectivity index (χ0) is 27.7. The number of likely N-dealkylation sites (tertiary alicyclic amines) is 1. The van der Waals surface area contributed by atoms with Crippen LogP contribution in [0.4, 0.5) is 11.4 Å². The summed E-state index contributed by atoms with van der Waals surface area (Å²) in [6, 6.07) is 33.5. The topological polar surface area (TPSA) is 78.5 Å². The van der Waals surface area contributed by atoms with Gasteiger partial charge in [0.05, 0.1) is 6.42 Å². The van der Waals surface area contributed by atoms with Gasteiger partial charge in [0, 0.05) is 23.5 Å². The van der Waals surface area contributed by atoms with Crippen LogP contribution in [0.1, 0.15) is 39.9 Å². The number of benzene rings is 4. The van der Waals surface area contributed by atoms with Crippen LogP contribution in [0.15, 0.2) is 109 Å². The van der Waals surface area contributed by atoms with E-state index in [1.165, 1.54) is 0 Å². The van der Waals surface area contributed by atoms with Crippen LogP contribution in [0.2, 0.25) is 0 Å². The van der Waals surface area contributed by atoms with Gasteiger partial charge in [0.2, 0.25) is 11.8 Å². The molecule has 2 N–H and O–H groups in total. The molecule has 1 saturated heterocycles. The first-order chi connectivity index (χ1) is 19.5. The molecule has 6 nitrogen and oxygen atoms in total. The molecule has 1 aliphatic rings. The average molecular weight is 530 g/mol. The van der Waals surface area contributed by atoms with Gasteiger partial charge in [0.15, 0.2) is 0 Å². The summed E-state index contributed by atoms with van der Waals surface area (Å²) in [5.41, 5.74) is 4.98. The molecular formula is C34H31N3O3. The summed E-state index contributed by atoms with van der Waals surface area (Å²) in [7, 11) is 0. The minimum absolute atomic E-state index is 0.0176. The number of nitrogens with one attached hydrogen (secondary N) is 2. The minimum Gasteiger partial charge on any atom is -0.330 e. The fourth-order valence-corrected chi connectivity index (χ4v) is 4.78. The highest BCUT2D eigenvalue weighted by Gasteiger charge is 2.33. The molecule has 0 bridgehead atoms. The molecule has 0 radical (unpaired) electrons. The number of anilines is 2. The summed E-state index contributed by atoms with van der Waals surface area (Å²) in [5, 5.41) is 5.88. The highest BCUT2D eigenvalue weighted by molar-refractivity contribution is 6.04. The summed E-state index contributed by atoms with van der Waals surface area (Å²) in [6.45, 7) is 0.605. The maximum atomic E-state index is 13.0. The summed E-state index contributed by atoms with van der Waals surface area (Å²) in [4.78, 5) is 39.9. The summed E-state index contributed by atoms with van der Waals surface area (Å²) in [5.74, 6) is -0.312. The Morgan fingerprint density at radius 1 is 0.700 bits per heavy atom. The summed E-state index contributed by atoms with van der Waals surface area (Å²) >= 11 is 0. The van der Waals surface area contributed by atoms with Gasteiger partial charge < -0.3 is 15.5 Å². The number of carbonyl (C=O) groups is 3. The first kappa shape index (κ1) is 26.6. The predicted molar refractivity (Wildman–Crippen MR) is 160 cm³/mol. The third-order valence-corrected chi connectivity index (χ3v) is 6.92. The lowest BCUT2D eigenvalue weighted by molar-refractivity contribution is -0.136. The van der Waals surface area contributed by atoms with E-state index >= 15 is 0 Å². The van der Waals surface area contributed by atoms with Crippen LogP contribution in [0.5, 0.6) is 0 Å². The zero-order valence-corrected chi connectivity index (χ0v) is 22.1. The number of nitrogens with zero attached hydrogens (tertiary/aromatic N) is 1. The van der Waals surface area contributed by atoms with Gasteiger partial charge in [-0.3, -0.25) is 14.4 Å². The molecule has 200 valence electrons. The second-order valence-electron chi connectivity index (χ2n) is 9.79. The van der Waals surface area contributed by atoms with E-state index in [9.17, 15) is 14.4 Å². The fourth-order valence-electron chi connectivity index (χ4n) is 4.78. The van der Waals surface area contributed by atoms with Crippen molar-refractivity contribution in [2.75, 3.05) is 17.2 Å². The van der Waals surface area contributed by atoms with E-state index in [1.54, 1.807) is 17.0 Å². The second-order valence-corrected chi connectivity index (χ2v) is 9.79. The second kappa shape index (κ2) is 12.7. The monoisotopic (exact) mass is 529 g/mol. The lowest BCUT2D eigenvalue weighted by Gasteiger charge is -2.24. The Kier molecular flexibility index (Phi) is 8.47. The Morgan fingerprint density at radius 2 is 1.25 bits per heavy atom. The van der Waals surface area contributed by atoms with Crippen LogP contribution < -0.4 is 10.6 Å². The maximum Gasteiger partial charge on any atom is 0.255 e. The van der Waals surface area contributed by atoms with Crippen molar-refractivity contribution in [1.82, 2.24) is 4.90 Å². The number of hydrogen-bond acceptors (Lipinski definition) is 3. The van der Waals surface area contributed by atoms with Crippen molar-refractivity contribution in [2.24, 2.45) is 0 Å². The van der Waals surface area contributed by atoms with Crippen LogP contribution in [0.3, 0.4) is 0 Å². The molecule has 3 amide bonds. The van der Waals surface area contributed by atoms with E-state index in [-0.39, 0.29) is 17.7 Å². The van der Waals surface area contributed by atoms with Crippen LogP contribution in [0, 0.1) is 0 Å². The molecule has 4 aromatic rings. The van der Waals surface area contributed by atoms with Crippen LogP contribution in [0.25, 0.3) is 12.2 Å². The molecule has 4 aromatic carbocycles. The van der Waals surface area contributed by atoms with Crippen LogP contribution in [-0.4, -0.2) is 35.2 Å². The van der Waals surface area contributed by atoms with E-state index in [0.717, 1.165) is 28.8 Å². The van der Waals surface area contributed by atoms with E-state index in [1.807, 2.05) is 109 Å². The molecule has 0 aliphatic carbocycles. The fraction of sp³-hybridized carbons (Fsp3) is 0.147. The molecule has 6 heteroatoms.